The van der Waals surface area contributed by atoms with Gasteiger partial charge in [-0.1, -0.05) is 79.3 Å². The van der Waals surface area contributed by atoms with Gasteiger partial charge < -0.3 is 44.3 Å². The van der Waals surface area contributed by atoms with Crippen molar-refractivity contribution in [1.29, 1.82) is 15.8 Å². The highest BCUT2D eigenvalue weighted by molar-refractivity contribution is 9.10. The van der Waals surface area contributed by atoms with E-state index >= 15 is 0 Å². The van der Waals surface area contributed by atoms with E-state index in [0.717, 1.165) is 5.70 Å². The summed E-state index contributed by atoms with van der Waals surface area (Å²) in [5.74, 6) is -3.27. The fourth-order valence-corrected chi connectivity index (χ4v) is 18.6. The average molecular weight is 1820 g/mol. The minimum Gasteiger partial charge on any atom is -0.466 e. The lowest BCUT2D eigenvalue weighted by Gasteiger charge is -2.31. The van der Waals surface area contributed by atoms with E-state index in [1.54, 1.807) is 57.7 Å². The molecule has 25 nitrogen and oxygen atoms in total. The predicted molar refractivity (Wildman–Crippen MR) is 432 cm³/mol. The first-order chi connectivity index (χ1) is 56.0. The summed E-state index contributed by atoms with van der Waals surface area (Å²) in [7, 11) is 1.29. The number of fused-ring (bicyclic) bond motifs is 4. The molecule has 8 atom stereocenters. The normalized spacial score (nSPS) is 20.9. The fourth-order valence-electron chi connectivity index (χ4n) is 14.4. The highest BCUT2D eigenvalue weighted by atomic mass is 79.9. The van der Waals surface area contributed by atoms with E-state index in [1.807, 2.05) is 41.1 Å². The molecule has 594 valence electrons. The number of benzene rings is 4. The number of allylic oxidation sites excluding steroid dienone is 4. The summed E-state index contributed by atoms with van der Waals surface area (Å²) in [6.45, 7) is 7.37. The van der Waals surface area contributed by atoms with Crippen molar-refractivity contribution >= 4 is 154 Å². The Morgan fingerprint density at radius 1 is 0.457 bits per heavy atom. The van der Waals surface area contributed by atoms with Crippen molar-refractivity contribution in [2.24, 2.45) is 49.4 Å². The van der Waals surface area contributed by atoms with Crippen molar-refractivity contribution in [2.45, 2.75) is 70.6 Å². The Hall–Kier alpha value is -10.7. The van der Waals surface area contributed by atoms with Gasteiger partial charge in [0.15, 0.2) is 43.4 Å². The SMILES string of the molecule is CCOC(=O)C1=C2C[C@@H](C#N)CN2C(c2nccs2)=NC1c1ccc(F)cc1Br.CCOC(=O)C1=C2C[C@@H](C#N)CN2C(c2nccs2)=N[C@H]1c1ccc(F)cc1Cl.CCOC(=O)C1=C2C[C@H](C#N)CN2C(c2nccs2)=N[C@H]1c1ccc(F)cc1Cl.COC(=O)C1=C2C[C@@H](C(N)=O)CN2C(c2nccs2)=NC1c1ccc(F)cc1Br. The first-order valence-corrected chi connectivity index (χ1v) is 41.7. The van der Waals surface area contributed by atoms with E-state index in [9.17, 15) is 57.3 Å². The predicted octanol–water partition coefficient (Wildman–Crippen LogP) is 15.2. The van der Waals surface area contributed by atoms with Gasteiger partial charge in [-0.05, 0) is 80.4 Å². The standard InChI is InChI=1S/C20H16BrFN4O2S.2C20H16ClFN4O2S.C19H16BrFN4O3S/c3*1-2-28-20(27)16-15-7-11(9-23)10-26(15)18(19-24-5-6-29-19)25-17(16)13-4-3-12(22)8-14(13)21;1-28-19(27)14-13-6-9(16(22)26)8-25(13)17(18-23-4-5-29-18)24-15(14)11-3-2-10(21)7-12(11)20/h3*3-6,8,11,17H,2,7,10H2,1H3;2-5,7,9,15H,6,8H2,1H3,(H2,22,26)/t11-,17?;11-,17+;11-,17-;9-,15?/m0101/s1. The zero-order valence-electron chi connectivity index (χ0n) is 61.6. The molecule has 4 saturated heterocycles. The van der Waals surface area contributed by atoms with Gasteiger partial charge in [0.2, 0.25) is 5.91 Å². The monoisotopic (exact) mass is 1810 g/mol. The largest absolute Gasteiger partial charge is 0.466 e. The third-order valence-electron chi connectivity index (χ3n) is 19.4. The van der Waals surface area contributed by atoms with Crippen LogP contribution in [0, 0.1) is 80.9 Å². The molecule has 1 amide bonds. The van der Waals surface area contributed by atoms with Gasteiger partial charge in [0.1, 0.15) is 47.4 Å². The lowest BCUT2D eigenvalue weighted by Crippen LogP contribution is -2.36. The molecule has 8 aromatic rings. The van der Waals surface area contributed by atoms with E-state index in [-0.39, 0.29) is 47.6 Å². The first kappa shape index (κ1) is 83.3. The molecular formula is C79H64Br2Cl2F4N16O9S4. The number of amides is 1. The number of amidine groups is 4. The van der Waals surface area contributed by atoms with Crippen LogP contribution in [0.1, 0.15) is 113 Å². The summed E-state index contributed by atoms with van der Waals surface area (Å²) >= 11 is 25.1. The smallest absolute Gasteiger partial charge is 0.338 e. The number of thiazole rings is 4. The zero-order chi connectivity index (χ0) is 82.3. The van der Waals surface area contributed by atoms with E-state index in [4.69, 9.17) is 67.9 Å². The highest BCUT2D eigenvalue weighted by Gasteiger charge is 2.48. The van der Waals surface area contributed by atoms with Crippen LogP contribution >= 0.6 is 100 Å². The van der Waals surface area contributed by atoms with Crippen LogP contribution in [0.25, 0.3) is 0 Å². The number of nitriles is 3. The number of esters is 4. The second-order valence-corrected chi connectivity index (χ2v) is 32.5. The average Bonchev–Trinajstić information content (AvgIpc) is 1.58. The molecule has 0 spiro atoms. The highest BCUT2D eigenvalue weighted by Crippen LogP contribution is 2.49. The Bertz CT molecular complexity index is 5190. The summed E-state index contributed by atoms with van der Waals surface area (Å²) in [5, 5.41) is 38.8. The van der Waals surface area contributed by atoms with E-state index in [2.05, 4.69) is 70.0 Å². The molecule has 0 aliphatic carbocycles. The van der Waals surface area contributed by atoms with Crippen LogP contribution in [0.3, 0.4) is 0 Å². The van der Waals surface area contributed by atoms with Gasteiger partial charge in [-0.2, -0.15) is 15.8 Å². The maximum Gasteiger partial charge on any atom is 0.338 e. The number of hydrogen-bond donors (Lipinski definition) is 1. The minimum atomic E-state index is -0.773. The summed E-state index contributed by atoms with van der Waals surface area (Å²) in [6.07, 6.45) is 8.19. The molecule has 8 aliphatic heterocycles. The zero-order valence-corrected chi connectivity index (χ0v) is 69.5. The number of carbonyl (C=O) groups is 5. The second kappa shape index (κ2) is 36.6. The molecular weight excluding hydrogens is 1750 g/mol. The van der Waals surface area contributed by atoms with E-state index < -0.39 is 83.1 Å². The maximum atomic E-state index is 13.7. The number of primary amides is 1. The van der Waals surface area contributed by atoms with Crippen molar-refractivity contribution in [1.82, 2.24) is 39.5 Å². The van der Waals surface area contributed by atoms with Crippen molar-refractivity contribution in [3.05, 3.63) is 249 Å². The van der Waals surface area contributed by atoms with E-state index in [0.29, 0.717) is 166 Å². The minimum absolute atomic E-state index is 0.169. The Morgan fingerprint density at radius 3 is 1.01 bits per heavy atom. The molecule has 37 heteroatoms. The van der Waals surface area contributed by atoms with Gasteiger partial charge in [0, 0.05) is 151 Å². The molecule has 4 fully saturated rings. The van der Waals surface area contributed by atoms with Gasteiger partial charge in [-0.25, -0.2) is 56.7 Å². The Morgan fingerprint density at radius 2 is 0.741 bits per heavy atom. The molecule has 4 aromatic carbocycles. The molecule has 0 bridgehead atoms. The third kappa shape index (κ3) is 17.3. The molecule has 0 saturated carbocycles. The van der Waals surface area contributed by atoms with Crippen LogP contribution in [0.2, 0.25) is 10.0 Å². The van der Waals surface area contributed by atoms with Crippen molar-refractivity contribution < 1.29 is 60.5 Å². The number of nitrogens with zero attached hydrogens (tertiary/aromatic N) is 15. The van der Waals surface area contributed by atoms with Gasteiger partial charge in [0.05, 0.1) is 91.1 Å². The quantitative estimate of drug-likeness (QED) is 0.0533. The number of carbonyl (C=O) groups excluding carboxylic acids is 5. The maximum absolute atomic E-state index is 13.7. The molecule has 2 unspecified atom stereocenters. The molecule has 12 heterocycles. The molecule has 2 N–H and O–H groups in total. The number of rotatable bonds is 16. The van der Waals surface area contributed by atoms with E-state index in [1.165, 1.54) is 113 Å². The number of halogens is 8. The first-order valence-electron chi connectivity index (χ1n) is 35.8. The third-order valence-corrected chi connectivity index (χ3v) is 24.5. The van der Waals surface area contributed by atoms with Crippen molar-refractivity contribution in [3.8, 4) is 18.2 Å². The summed E-state index contributed by atoms with van der Waals surface area (Å²) in [5.41, 5.74) is 11.9. The van der Waals surface area contributed by atoms with Crippen LogP contribution < -0.4 is 5.73 Å². The number of methoxy groups -OCH3 is 1. The van der Waals surface area contributed by atoms with Crippen molar-refractivity contribution in [2.75, 3.05) is 53.1 Å². The van der Waals surface area contributed by atoms with Crippen molar-refractivity contribution in [3.63, 3.8) is 0 Å². The molecule has 16 rings (SSSR count). The molecule has 0 radical (unpaired) electrons. The van der Waals surface area contributed by atoms with Gasteiger partial charge in [-0.3, -0.25) is 24.8 Å². The summed E-state index contributed by atoms with van der Waals surface area (Å²) < 4.78 is 76.5. The molecule has 8 aliphatic rings. The van der Waals surface area contributed by atoms with Gasteiger partial charge in [0.25, 0.3) is 0 Å². The van der Waals surface area contributed by atoms with Crippen LogP contribution in [-0.4, -0.2) is 146 Å². The Labute approximate surface area is 704 Å². The number of hydrogen-bond acceptors (Lipinski definition) is 28. The van der Waals surface area contributed by atoms with Crippen LogP contribution in [0.5, 0.6) is 0 Å². The number of aromatic nitrogens is 4. The van der Waals surface area contributed by atoms with Gasteiger partial charge >= 0.3 is 23.9 Å². The lowest BCUT2D eigenvalue weighted by molar-refractivity contribution is -0.140. The number of aliphatic imine (C=N–C) groups is 4. The van der Waals surface area contributed by atoms with Crippen LogP contribution in [-0.2, 0) is 42.9 Å². The summed E-state index contributed by atoms with van der Waals surface area (Å²) in [6, 6.07) is 20.4. The van der Waals surface area contributed by atoms with Crippen LogP contribution in [0.15, 0.2) is 193 Å². The topological polar surface area (TPSA) is 334 Å². The Kier molecular flexibility index (Phi) is 26.3. The van der Waals surface area contributed by atoms with Gasteiger partial charge in [-0.15, -0.1) is 45.3 Å². The summed E-state index contributed by atoms with van der Waals surface area (Å²) in [4.78, 5) is 107. The number of nitrogens with two attached hydrogens (primary N) is 1. The molecule has 116 heavy (non-hydrogen) atoms. The number of ether oxygens (including phenoxy) is 4. The Balaban J connectivity index is 0.000000135. The molecule has 4 aromatic heterocycles. The lowest BCUT2D eigenvalue weighted by atomic mass is 9.94. The van der Waals surface area contributed by atoms with Crippen LogP contribution in [0.4, 0.5) is 17.6 Å². The fraction of sp³-hybridized carbons (Fsp3) is 0.291. The second-order valence-electron chi connectivity index (χ2n) is 26.4.